The number of sulfone groups is 1. The molecule has 0 heterocycles. The van der Waals surface area contributed by atoms with Crippen LogP contribution in [0.3, 0.4) is 0 Å². The maximum atomic E-state index is 12.3. The summed E-state index contributed by atoms with van der Waals surface area (Å²) in [6, 6.07) is 15.1. The lowest BCUT2D eigenvalue weighted by molar-refractivity contribution is 0.0991. The van der Waals surface area contributed by atoms with Crippen molar-refractivity contribution >= 4 is 27.2 Å². The number of carbonyl (C=O) groups is 1. The van der Waals surface area contributed by atoms with Gasteiger partial charge >= 0.3 is 0 Å². The summed E-state index contributed by atoms with van der Waals surface area (Å²) >= 11 is 5.84. The van der Waals surface area contributed by atoms with E-state index in [4.69, 9.17) is 11.6 Å². The molecule has 2 aromatic rings. The Kier molecular flexibility index (Phi) is 4.80. The molecule has 0 spiro atoms. The van der Waals surface area contributed by atoms with Crippen molar-refractivity contribution in [1.29, 1.82) is 0 Å². The molecule has 1 atom stereocenters. The van der Waals surface area contributed by atoms with Gasteiger partial charge in [0, 0.05) is 10.6 Å². The first-order chi connectivity index (χ1) is 9.90. The van der Waals surface area contributed by atoms with Crippen molar-refractivity contribution in [3.05, 3.63) is 70.7 Å². The van der Waals surface area contributed by atoms with Crippen molar-refractivity contribution < 1.29 is 13.2 Å². The van der Waals surface area contributed by atoms with E-state index < -0.39 is 20.9 Å². The topological polar surface area (TPSA) is 51.2 Å². The van der Waals surface area contributed by atoms with Gasteiger partial charge in [0.1, 0.15) is 5.25 Å². The molecule has 0 saturated carbocycles. The first-order valence-corrected chi connectivity index (χ1v) is 8.55. The summed E-state index contributed by atoms with van der Waals surface area (Å²) in [6.45, 7) is 1.42. The molecule has 0 aliphatic rings. The third-order valence-electron chi connectivity index (χ3n) is 3.23. The monoisotopic (exact) mass is 322 g/mol. The maximum Gasteiger partial charge on any atom is 0.180 e. The molecule has 0 aromatic heterocycles. The molecule has 0 radical (unpaired) electrons. The number of hydrogen-bond acceptors (Lipinski definition) is 3. The molecular weight excluding hydrogens is 308 g/mol. The zero-order chi connectivity index (χ0) is 15.5. The van der Waals surface area contributed by atoms with E-state index in [1.54, 1.807) is 42.5 Å². The zero-order valence-electron chi connectivity index (χ0n) is 11.5. The van der Waals surface area contributed by atoms with Gasteiger partial charge in [0.05, 0.1) is 5.75 Å². The fourth-order valence-corrected chi connectivity index (χ4v) is 3.53. The smallest absolute Gasteiger partial charge is 0.180 e. The lowest BCUT2D eigenvalue weighted by Crippen LogP contribution is -2.28. The van der Waals surface area contributed by atoms with E-state index in [0.29, 0.717) is 16.1 Å². The highest BCUT2D eigenvalue weighted by molar-refractivity contribution is 7.92. The molecule has 110 valence electrons. The van der Waals surface area contributed by atoms with Gasteiger partial charge in [0.25, 0.3) is 0 Å². The van der Waals surface area contributed by atoms with Crippen LogP contribution in [0.25, 0.3) is 0 Å². The fourth-order valence-electron chi connectivity index (χ4n) is 1.97. The molecule has 3 nitrogen and oxygen atoms in total. The Labute approximate surface area is 129 Å². The van der Waals surface area contributed by atoms with Gasteiger partial charge in [0.15, 0.2) is 15.6 Å². The van der Waals surface area contributed by atoms with Gasteiger partial charge in [-0.15, -0.1) is 0 Å². The van der Waals surface area contributed by atoms with Gasteiger partial charge in [-0.25, -0.2) is 8.42 Å². The van der Waals surface area contributed by atoms with Crippen LogP contribution in [0.1, 0.15) is 22.8 Å². The summed E-state index contributed by atoms with van der Waals surface area (Å²) in [5.74, 6) is -0.588. The predicted octanol–water partition coefficient (Wildman–Crippen LogP) is 3.53. The summed E-state index contributed by atoms with van der Waals surface area (Å²) in [7, 11) is -3.57. The van der Waals surface area contributed by atoms with E-state index in [0.717, 1.165) is 0 Å². The summed E-state index contributed by atoms with van der Waals surface area (Å²) in [5, 5.41) is -0.690. The number of Topliss-reactive ketones (excluding diaryl/α,β-unsaturated/α-hetero) is 1. The van der Waals surface area contributed by atoms with Crippen molar-refractivity contribution in [1.82, 2.24) is 0 Å². The molecule has 1 unspecified atom stereocenters. The summed E-state index contributed by atoms with van der Waals surface area (Å²) in [4.78, 5) is 12.3. The van der Waals surface area contributed by atoms with Crippen molar-refractivity contribution in [2.45, 2.75) is 17.9 Å². The summed E-state index contributed by atoms with van der Waals surface area (Å²) in [5.41, 5.74) is 0.981. The van der Waals surface area contributed by atoms with Gasteiger partial charge in [0.2, 0.25) is 0 Å². The second-order valence-electron chi connectivity index (χ2n) is 4.81. The molecule has 21 heavy (non-hydrogen) atoms. The summed E-state index contributed by atoms with van der Waals surface area (Å²) in [6.07, 6.45) is 0. The molecule has 0 amide bonds. The Morgan fingerprint density at radius 2 is 1.76 bits per heavy atom. The Morgan fingerprint density at radius 1 is 1.10 bits per heavy atom. The molecule has 0 aliphatic carbocycles. The lowest BCUT2D eigenvalue weighted by Gasteiger charge is -2.12. The Hall–Kier alpha value is -1.65. The minimum absolute atomic E-state index is 0.151. The van der Waals surface area contributed by atoms with Crippen LogP contribution in [0, 0.1) is 0 Å². The molecule has 0 saturated heterocycles. The van der Waals surface area contributed by atoms with Crippen LogP contribution in [0.4, 0.5) is 0 Å². The lowest BCUT2D eigenvalue weighted by atomic mass is 10.1. The minimum Gasteiger partial charge on any atom is -0.293 e. The summed E-state index contributed by atoms with van der Waals surface area (Å²) < 4.78 is 24.7. The van der Waals surface area contributed by atoms with Crippen molar-refractivity contribution in [3.8, 4) is 0 Å². The van der Waals surface area contributed by atoms with Crippen molar-refractivity contribution in [2.75, 3.05) is 0 Å². The number of benzene rings is 2. The Bertz CT molecular complexity index is 739. The first kappa shape index (κ1) is 15.7. The zero-order valence-corrected chi connectivity index (χ0v) is 13.1. The van der Waals surface area contributed by atoms with E-state index >= 15 is 0 Å². The van der Waals surface area contributed by atoms with Crippen molar-refractivity contribution in [2.24, 2.45) is 0 Å². The Balaban J connectivity index is 2.22. The standard InChI is InChI=1S/C16H15ClO3S/c1-12(16(18)14-8-5-9-15(17)10-14)21(19,20)11-13-6-3-2-4-7-13/h2-10,12H,11H2,1H3. The molecule has 0 bridgehead atoms. The van der Waals surface area contributed by atoms with Crippen LogP contribution in [0.5, 0.6) is 0 Å². The highest BCUT2D eigenvalue weighted by atomic mass is 35.5. The SMILES string of the molecule is CC(C(=O)c1cccc(Cl)c1)S(=O)(=O)Cc1ccccc1. The minimum atomic E-state index is -3.57. The van der Waals surface area contributed by atoms with Crippen LogP contribution in [-0.4, -0.2) is 19.5 Å². The fraction of sp³-hybridized carbons (Fsp3) is 0.188. The van der Waals surface area contributed by atoms with E-state index in [-0.39, 0.29) is 5.75 Å². The number of hydrogen-bond donors (Lipinski definition) is 0. The van der Waals surface area contributed by atoms with Gasteiger partial charge in [-0.05, 0) is 24.6 Å². The van der Waals surface area contributed by atoms with Crippen LogP contribution in [0.2, 0.25) is 5.02 Å². The molecule has 0 N–H and O–H groups in total. The van der Waals surface area contributed by atoms with Gasteiger partial charge < -0.3 is 0 Å². The van der Waals surface area contributed by atoms with E-state index in [2.05, 4.69) is 0 Å². The molecule has 0 fully saturated rings. The second-order valence-corrected chi connectivity index (χ2v) is 7.57. The molecular formula is C16H15ClO3S. The van der Waals surface area contributed by atoms with Gasteiger partial charge in [-0.3, -0.25) is 4.79 Å². The largest absolute Gasteiger partial charge is 0.293 e. The average molecular weight is 323 g/mol. The number of halogens is 1. The third kappa shape index (κ3) is 3.93. The van der Waals surface area contributed by atoms with Crippen molar-refractivity contribution in [3.63, 3.8) is 0 Å². The highest BCUT2D eigenvalue weighted by Crippen LogP contribution is 2.18. The number of carbonyl (C=O) groups excluding carboxylic acids is 1. The van der Waals surface area contributed by atoms with E-state index in [1.165, 1.54) is 13.0 Å². The molecule has 5 heteroatoms. The third-order valence-corrected chi connectivity index (χ3v) is 5.49. The normalized spacial score (nSPS) is 12.9. The molecule has 2 rings (SSSR count). The van der Waals surface area contributed by atoms with E-state index in [1.807, 2.05) is 6.07 Å². The number of ketones is 1. The van der Waals surface area contributed by atoms with Gasteiger partial charge in [-0.1, -0.05) is 54.1 Å². The van der Waals surface area contributed by atoms with Crippen LogP contribution in [-0.2, 0) is 15.6 Å². The maximum absolute atomic E-state index is 12.3. The number of rotatable bonds is 5. The second kappa shape index (κ2) is 6.41. The van der Waals surface area contributed by atoms with Crippen LogP contribution < -0.4 is 0 Å². The average Bonchev–Trinajstić information content (AvgIpc) is 2.46. The van der Waals surface area contributed by atoms with Crippen LogP contribution in [0.15, 0.2) is 54.6 Å². The highest BCUT2D eigenvalue weighted by Gasteiger charge is 2.28. The first-order valence-electron chi connectivity index (χ1n) is 6.45. The van der Waals surface area contributed by atoms with E-state index in [9.17, 15) is 13.2 Å². The van der Waals surface area contributed by atoms with Crippen LogP contribution >= 0.6 is 11.6 Å². The quantitative estimate of drug-likeness (QED) is 0.791. The predicted molar refractivity (Wildman–Crippen MR) is 84.3 cm³/mol. The molecule has 0 aliphatic heterocycles. The molecule has 2 aromatic carbocycles. The van der Waals surface area contributed by atoms with Gasteiger partial charge in [-0.2, -0.15) is 0 Å². The Morgan fingerprint density at radius 3 is 2.38 bits per heavy atom.